The van der Waals surface area contributed by atoms with Crippen molar-refractivity contribution < 1.29 is 28.4 Å². The van der Waals surface area contributed by atoms with Gasteiger partial charge in [0, 0.05) is 45.1 Å². The highest BCUT2D eigenvalue weighted by Crippen LogP contribution is 2.45. The van der Waals surface area contributed by atoms with E-state index in [2.05, 4.69) is 69.8 Å². The minimum Gasteiger partial charge on any atom is -0.493 e. The van der Waals surface area contributed by atoms with Gasteiger partial charge in [0.05, 0.1) is 76.1 Å². The zero-order valence-electron chi connectivity index (χ0n) is 29.2. The Labute approximate surface area is 294 Å². The fraction of sp³-hybridized carbons (Fsp3) is 0.171. The van der Waals surface area contributed by atoms with Crippen molar-refractivity contribution in [2.24, 2.45) is 0 Å². The zero-order chi connectivity index (χ0) is 35.2. The van der Waals surface area contributed by atoms with Crippen molar-refractivity contribution in [2.75, 3.05) is 42.7 Å². The minimum absolute atomic E-state index is 0.459. The maximum atomic E-state index is 5.75. The number of para-hydroxylation sites is 2. The van der Waals surface area contributed by atoms with E-state index in [1.165, 1.54) is 0 Å². The Balaban J connectivity index is 1.44. The molecule has 10 heteroatoms. The van der Waals surface area contributed by atoms with Gasteiger partial charge in [0.25, 0.3) is 0 Å². The Morgan fingerprint density at radius 3 is 1.18 bits per heavy atom. The van der Waals surface area contributed by atoms with Crippen LogP contribution in [0.15, 0.2) is 97.3 Å². The van der Waals surface area contributed by atoms with Gasteiger partial charge < -0.3 is 37.6 Å². The van der Waals surface area contributed by atoms with Crippen molar-refractivity contribution in [2.45, 2.75) is 6.67 Å². The molecule has 0 amide bonds. The molecule has 256 valence electrons. The van der Waals surface area contributed by atoms with Gasteiger partial charge in [-0.1, -0.05) is 36.4 Å². The molecule has 8 aromatic rings. The Hall–Kier alpha value is -6.42. The van der Waals surface area contributed by atoms with Gasteiger partial charge in [-0.25, -0.2) is 0 Å². The van der Waals surface area contributed by atoms with Crippen LogP contribution in [0.25, 0.3) is 66.1 Å². The molecular weight excluding hydrogens is 644 g/mol. The van der Waals surface area contributed by atoms with Crippen LogP contribution in [0.3, 0.4) is 0 Å². The molecule has 4 aromatic carbocycles. The van der Waals surface area contributed by atoms with Crippen molar-refractivity contribution in [1.29, 1.82) is 0 Å². The van der Waals surface area contributed by atoms with Gasteiger partial charge in [-0.15, -0.1) is 0 Å². The molecule has 10 nitrogen and oxygen atoms in total. The summed E-state index contributed by atoms with van der Waals surface area (Å²) in [6, 6.07) is 28.8. The molecule has 8 rings (SSSR count). The first kappa shape index (κ1) is 31.8. The Morgan fingerprint density at radius 2 is 0.824 bits per heavy atom. The summed E-state index contributed by atoms with van der Waals surface area (Å²) in [5, 5.41) is 4.39. The quantitative estimate of drug-likeness (QED) is 0.142. The summed E-state index contributed by atoms with van der Waals surface area (Å²) in [6.45, 7) is 0.459. The van der Waals surface area contributed by atoms with Crippen LogP contribution in [0.1, 0.15) is 0 Å². The first-order valence-corrected chi connectivity index (χ1v) is 16.4. The van der Waals surface area contributed by atoms with Crippen LogP contribution < -0.4 is 28.4 Å². The molecule has 0 bridgehead atoms. The molecule has 0 saturated carbocycles. The molecular formula is C41H36N4O6. The summed E-state index contributed by atoms with van der Waals surface area (Å²) in [6.07, 6.45) is 3.70. The van der Waals surface area contributed by atoms with Gasteiger partial charge in [-0.3, -0.25) is 9.97 Å². The maximum Gasteiger partial charge on any atom is 0.203 e. The predicted octanol–water partition coefficient (Wildman–Crippen LogP) is 8.58. The van der Waals surface area contributed by atoms with Crippen molar-refractivity contribution in [1.82, 2.24) is 19.1 Å². The van der Waals surface area contributed by atoms with E-state index in [9.17, 15) is 0 Å². The second-order valence-electron chi connectivity index (χ2n) is 12.0. The summed E-state index contributed by atoms with van der Waals surface area (Å²) in [4.78, 5) is 9.96. The van der Waals surface area contributed by atoms with Crippen molar-refractivity contribution in [3.05, 3.63) is 97.3 Å². The number of hydrogen-bond donors (Lipinski definition) is 0. The monoisotopic (exact) mass is 680 g/mol. The molecule has 4 heterocycles. The van der Waals surface area contributed by atoms with E-state index < -0.39 is 0 Å². The van der Waals surface area contributed by atoms with Gasteiger partial charge in [0.2, 0.25) is 11.5 Å². The average Bonchev–Trinajstić information content (AvgIpc) is 3.69. The first-order chi connectivity index (χ1) is 25.0. The molecule has 4 aromatic heterocycles. The summed E-state index contributed by atoms with van der Waals surface area (Å²) < 4.78 is 38.9. The fourth-order valence-corrected chi connectivity index (χ4v) is 7.30. The van der Waals surface area contributed by atoms with Crippen molar-refractivity contribution in [3.63, 3.8) is 0 Å². The summed E-state index contributed by atoms with van der Waals surface area (Å²) in [7, 11) is 9.68. The molecule has 0 aliphatic carbocycles. The number of hydrogen-bond acceptors (Lipinski definition) is 8. The fourth-order valence-electron chi connectivity index (χ4n) is 7.30. The van der Waals surface area contributed by atoms with Crippen LogP contribution in [0.2, 0.25) is 0 Å². The number of methoxy groups -OCH3 is 6. The standard InChI is InChI=1S/C41H36N4O6/c1-46-32-19-24(20-33(47-2)40(32)50-5)36-38-28(15-17-42-36)26-11-7-9-13-30(26)44(38)23-45-31-14-10-8-12-27(31)29-16-18-43-37(39(29)45)25-21-34(48-3)41(51-6)35(22-25)49-4/h7-22H,23H2,1-6H3. The smallest absolute Gasteiger partial charge is 0.203 e. The summed E-state index contributed by atoms with van der Waals surface area (Å²) >= 11 is 0. The third-order valence-corrected chi connectivity index (χ3v) is 9.52. The number of pyridine rings is 2. The number of rotatable bonds is 10. The lowest BCUT2D eigenvalue weighted by Crippen LogP contribution is -2.09. The third-order valence-electron chi connectivity index (χ3n) is 9.52. The molecule has 51 heavy (non-hydrogen) atoms. The molecule has 0 unspecified atom stereocenters. The number of ether oxygens (including phenoxy) is 6. The van der Waals surface area contributed by atoms with E-state index in [4.69, 9.17) is 38.4 Å². The molecule has 0 aliphatic rings. The molecule has 0 saturated heterocycles. The highest BCUT2D eigenvalue weighted by molar-refractivity contribution is 6.13. The zero-order valence-corrected chi connectivity index (χ0v) is 29.2. The SMILES string of the molecule is COc1cc(-c2nccc3c4ccccc4n(Cn4c5ccccc5c5ccnc(-c6cc(OC)c(OC)c(OC)c6)c54)c23)cc(OC)c1OC. The van der Waals surface area contributed by atoms with E-state index in [1.54, 1.807) is 42.7 Å². The lowest BCUT2D eigenvalue weighted by Gasteiger charge is -2.17. The topological polar surface area (TPSA) is 91.0 Å². The Bertz CT molecular complexity index is 2380. The Kier molecular flexibility index (Phi) is 7.98. The van der Waals surface area contributed by atoms with E-state index in [1.807, 2.05) is 36.7 Å². The van der Waals surface area contributed by atoms with Crippen LogP contribution in [0.4, 0.5) is 0 Å². The van der Waals surface area contributed by atoms with E-state index >= 15 is 0 Å². The number of aromatic nitrogens is 4. The lowest BCUT2D eigenvalue weighted by molar-refractivity contribution is 0.324. The first-order valence-electron chi connectivity index (χ1n) is 16.4. The number of benzene rings is 4. The van der Waals surface area contributed by atoms with Crippen LogP contribution in [-0.4, -0.2) is 61.8 Å². The highest BCUT2D eigenvalue weighted by atomic mass is 16.5. The van der Waals surface area contributed by atoms with Gasteiger partial charge in [0.1, 0.15) is 6.67 Å². The second-order valence-corrected chi connectivity index (χ2v) is 12.0. The van der Waals surface area contributed by atoms with Crippen LogP contribution >= 0.6 is 0 Å². The van der Waals surface area contributed by atoms with Crippen LogP contribution in [-0.2, 0) is 6.67 Å². The average molecular weight is 681 g/mol. The van der Waals surface area contributed by atoms with Gasteiger partial charge >= 0.3 is 0 Å². The van der Waals surface area contributed by atoms with E-state index in [-0.39, 0.29) is 0 Å². The molecule has 0 radical (unpaired) electrons. The predicted molar refractivity (Wildman–Crippen MR) is 200 cm³/mol. The molecule has 0 N–H and O–H groups in total. The molecule has 0 fully saturated rings. The largest absolute Gasteiger partial charge is 0.493 e. The third kappa shape index (κ3) is 4.93. The number of fused-ring (bicyclic) bond motifs is 6. The van der Waals surface area contributed by atoms with E-state index in [0.717, 1.165) is 66.1 Å². The van der Waals surface area contributed by atoms with Crippen molar-refractivity contribution >= 4 is 43.6 Å². The Morgan fingerprint density at radius 1 is 0.451 bits per heavy atom. The van der Waals surface area contributed by atoms with E-state index in [0.29, 0.717) is 41.2 Å². The molecule has 0 spiro atoms. The highest BCUT2D eigenvalue weighted by Gasteiger charge is 2.24. The van der Waals surface area contributed by atoms with Crippen LogP contribution in [0, 0.1) is 0 Å². The number of nitrogens with zero attached hydrogens (tertiary/aromatic N) is 4. The normalized spacial score (nSPS) is 11.4. The summed E-state index contributed by atoms with van der Waals surface area (Å²) in [5.41, 5.74) is 7.31. The minimum atomic E-state index is 0.459. The van der Waals surface area contributed by atoms with Crippen LogP contribution in [0.5, 0.6) is 34.5 Å². The second kappa shape index (κ2) is 12.8. The van der Waals surface area contributed by atoms with Gasteiger partial charge in [0.15, 0.2) is 23.0 Å². The lowest BCUT2D eigenvalue weighted by atomic mass is 10.1. The van der Waals surface area contributed by atoms with Gasteiger partial charge in [-0.05, 0) is 48.5 Å². The maximum absolute atomic E-state index is 5.75. The van der Waals surface area contributed by atoms with Gasteiger partial charge in [-0.2, -0.15) is 0 Å². The van der Waals surface area contributed by atoms with Crippen molar-refractivity contribution in [3.8, 4) is 57.0 Å². The molecule has 0 atom stereocenters. The molecule has 0 aliphatic heterocycles. The summed E-state index contributed by atoms with van der Waals surface area (Å²) in [5.74, 6) is 3.25.